The fourth-order valence-corrected chi connectivity index (χ4v) is 3.85. The quantitative estimate of drug-likeness (QED) is 0.811. The minimum absolute atomic E-state index is 0.0290. The van der Waals surface area contributed by atoms with E-state index in [9.17, 15) is 9.59 Å². The molecule has 0 unspecified atom stereocenters. The summed E-state index contributed by atoms with van der Waals surface area (Å²) in [6.45, 7) is 6.49. The summed E-state index contributed by atoms with van der Waals surface area (Å²) in [6, 6.07) is 10.2. The Kier molecular flexibility index (Phi) is 5.98. The number of amides is 2. The van der Waals surface area contributed by atoms with E-state index >= 15 is 0 Å². The van der Waals surface area contributed by atoms with E-state index in [2.05, 4.69) is 28.6 Å². The number of hydrogen-bond donors (Lipinski definition) is 1. The predicted octanol–water partition coefficient (Wildman–Crippen LogP) is 2.72. The molecule has 3 rings (SSSR count). The van der Waals surface area contributed by atoms with Gasteiger partial charge in [0.05, 0.1) is 12.2 Å². The van der Waals surface area contributed by atoms with Gasteiger partial charge < -0.3 is 10.2 Å². The molecule has 1 aromatic heterocycles. The van der Waals surface area contributed by atoms with Gasteiger partial charge in [-0.05, 0) is 31.0 Å². The Balaban J connectivity index is 1.49. The van der Waals surface area contributed by atoms with E-state index in [0.717, 1.165) is 41.4 Å². The van der Waals surface area contributed by atoms with E-state index in [-0.39, 0.29) is 11.1 Å². The molecule has 2 amide bonds. The van der Waals surface area contributed by atoms with Crippen LogP contribution in [-0.4, -0.2) is 44.7 Å². The first-order valence-electron chi connectivity index (χ1n) is 8.78. The van der Waals surface area contributed by atoms with Crippen molar-refractivity contribution in [3.8, 4) is 0 Å². The molecule has 6 nitrogen and oxygen atoms in total. The molecule has 7 heteroatoms. The van der Waals surface area contributed by atoms with Gasteiger partial charge in [-0.2, -0.15) is 5.10 Å². The third-order valence-electron chi connectivity index (χ3n) is 4.37. The van der Waals surface area contributed by atoms with E-state index in [4.69, 9.17) is 0 Å². The van der Waals surface area contributed by atoms with Crippen LogP contribution in [0.1, 0.15) is 28.9 Å². The highest BCUT2D eigenvalue weighted by Gasteiger charge is 2.21. The van der Waals surface area contributed by atoms with Crippen molar-refractivity contribution in [3.63, 3.8) is 0 Å². The molecule has 0 spiro atoms. The molecule has 0 saturated carbocycles. The largest absolute Gasteiger partial charge is 0.352 e. The van der Waals surface area contributed by atoms with Gasteiger partial charge in [0.15, 0.2) is 0 Å². The molecule has 2 heterocycles. The Hall–Kier alpha value is -2.28. The van der Waals surface area contributed by atoms with Crippen LogP contribution >= 0.6 is 11.8 Å². The molecule has 0 aliphatic carbocycles. The maximum absolute atomic E-state index is 12.0. The van der Waals surface area contributed by atoms with Crippen molar-refractivity contribution in [1.82, 2.24) is 20.0 Å². The second-order valence-electron chi connectivity index (χ2n) is 6.53. The van der Waals surface area contributed by atoms with Crippen molar-refractivity contribution in [1.29, 1.82) is 0 Å². The number of aryl methyl sites for hydroxylation is 2. The number of rotatable bonds is 7. The maximum atomic E-state index is 12.0. The van der Waals surface area contributed by atoms with Gasteiger partial charge in [-0.25, -0.2) is 0 Å². The maximum Gasteiger partial charge on any atom is 0.281 e. The monoisotopic (exact) mass is 372 g/mol. The van der Waals surface area contributed by atoms with Gasteiger partial charge in [0.2, 0.25) is 5.91 Å². The lowest BCUT2D eigenvalue weighted by molar-refractivity contribution is -0.121. The van der Waals surface area contributed by atoms with Crippen molar-refractivity contribution < 1.29 is 9.59 Å². The van der Waals surface area contributed by atoms with Crippen LogP contribution < -0.4 is 5.32 Å². The number of aromatic nitrogens is 2. The van der Waals surface area contributed by atoms with Crippen molar-refractivity contribution in [3.05, 3.63) is 52.8 Å². The van der Waals surface area contributed by atoms with Crippen LogP contribution in [0.15, 0.2) is 30.3 Å². The SMILES string of the molecule is Cc1cc(C)n(Cc2cccc(CNC(=O)CCN3CCSC3=O)c2)n1. The molecule has 1 aromatic carbocycles. The van der Waals surface area contributed by atoms with Gasteiger partial charge in [-0.15, -0.1) is 0 Å². The Morgan fingerprint density at radius 2 is 2.08 bits per heavy atom. The topological polar surface area (TPSA) is 67.2 Å². The zero-order valence-corrected chi connectivity index (χ0v) is 16.0. The highest BCUT2D eigenvalue weighted by Crippen LogP contribution is 2.17. The summed E-state index contributed by atoms with van der Waals surface area (Å²) in [7, 11) is 0. The Morgan fingerprint density at radius 3 is 2.77 bits per heavy atom. The smallest absolute Gasteiger partial charge is 0.281 e. The molecule has 1 fully saturated rings. The van der Waals surface area contributed by atoms with E-state index in [1.54, 1.807) is 4.90 Å². The third kappa shape index (κ3) is 4.88. The molecular formula is C19H24N4O2S. The van der Waals surface area contributed by atoms with Crippen LogP contribution in [0.3, 0.4) is 0 Å². The van der Waals surface area contributed by atoms with Gasteiger partial charge in [0, 0.05) is 37.5 Å². The zero-order chi connectivity index (χ0) is 18.5. The van der Waals surface area contributed by atoms with Crippen molar-refractivity contribution in [2.45, 2.75) is 33.4 Å². The third-order valence-corrected chi connectivity index (χ3v) is 5.26. The average Bonchev–Trinajstić information content (AvgIpc) is 3.16. The molecule has 1 N–H and O–H groups in total. The van der Waals surface area contributed by atoms with Gasteiger partial charge >= 0.3 is 0 Å². The van der Waals surface area contributed by atoms with E-state index < -0.39 is 0 Å². The van der Waals surface area contributed by atoms with Gasteiger partial charge in [-0.1, -0.05) is 36.0 Å². The number of benzene rings is 1. The summed E-state index contributed by atoms with van der Waals surface area (Å²) in [5.41, 5.74) is 4.37. The van der Waals surface area contributed by atoms with Gasteiger partial charge in [-0.3, -0.25) is 14.3 Å². The van der Waals surface area contributed by atoms with Gasteiger partial charge in [0.25, 0.3) is 5.24 Å². The number of thioether (sulfide) groups is 1. The van der Waals surface area contributed by atoms with Crippen LogP contribution in [0, 0.1) is 13.8 Å². The van der Waals surface area contributed by atoms with Crippen LogP contribution in [0.25, 0.3) is 0 Å². The highest BCUT2D eigenvalue weighted by molar-refractivity contribution is 8.13. The van der Waals surface area contributed by atoms with Crippen molar-refractivity contribution in [2.24, 2.45) is 0 Å². The molecule has 2 aromatic rings. The molecule has 1 aliphatic heterocycles. The fourth-order valence-electron chi connectivity index (χ4n) is 3.00. The predicted molar refractivity (Wildman–Crippen MR) is 103 cm³/mol. The lowest BCUT2D eigenvalue weighted by atomic mass is 10.1. The molecule has 138 valence electrons. The first-order valence-corrected chi connectivity index (χ1v) is 9.77. The minimum atomic E-state index is -0.0290. The normalized spacial score (nSPS) is 14.1. The van der Waals surface area contributed by atoms with Crippen LogP contribution in [0.2, 0.25) is 0 Å². The summed E-state index contributed by atoms with van der Waals surface area (Å²) in [5, 5.41) is 7.51. The number of nitrogens with one attached hydrogen (secondary N) is 1. The van der Waals surface area contributed by atoms with E-state index in [1.807, 2.05) is 30.7 Å². The first kappa shape index (κ1) is 18.5. The van der Waals surface area contributed by atoms with E-state index in [1.165, 1.54) is 11.8 Å². The summed E-state index contributed by atoms with van der Waals surface area (Å²) in [6.07, 6.45) is 0.345. The standard InChI is InChI=1S/C19H24N4O2S/c1-14-10-15(2)23(21-14)13-17-5-3-4-16(11-17)12-20-18(24)6-7-22-8-9-26-19(22)25/h3-5,10-11H,6-9,12-13H2,1-2H3,(H,20,24). The molecule has 0 bridgehead atoms. The highest BCUT2D eigenvalue weighted by atomic mass is 32.2. The lowest BCUT2D eigenvalue weighted by Crippen LogP contribution is -2.30. The summed E-state index contributed by atoms with van der Waals surface area (Å²) in [5.74, 6) is 0.793. The number of nitrogens with zero attached hydrogens (tertiary/aromatic N) is 3. The zero-order valence-electron chi connectivity index (χ0n) is 15.2. The Bertz CT molecular complexity index is 803. The molecule has 26 heavy (non-hydrogen) atoms. The van der Waals surface area contributed by atoms with Crippen molar-refractivity contribution >= 4 is 22.9 Å². The van der Waals surface area contributed by atoms with E-state index in [0.29, 0.717) is 19.5 Å². The summed E-state index contributed by atoms with van der Waals surface area (Å²) in [4.78, 5) is 25.3. The average molecular weight is 372 g/mol. The fraction of sp³-hybridized carbons (Fsp3) is 0.421. The van der Waals surface area contributed by atoms with Crippen molar-refractivity contribution in [2.75, 3.05) is 18.8 Å². The Labute approximate surface area is 157 Å². The van der Waals surface area contributed by atoms with Crippen LogP contribution in [0.4, 0.5) is 4.79 Å². The number of hydrogen-bond acceptors (Lipinski definition) is 4. The summed E-state index contributed by atoms with van der Waals surface area (Å²) >= 11 is 1.32. The lowest BCUT2D eigenvalue weighted by Gasteiger charge is -2.14. The molecule has 0 atom stereocenters. The minimum Gasteiger partial charge on any atom is -0.352 e. The second kappa shape index (κ2) is 8.40. The Morgan fingerprint density at radius 1 is 1.27 bits per heavy atom. The summed E-state index contributed by atoms with van der Waals surface area (Å²) < 4.78 is 1.98. The molecule has 1 saturated heterocycles. The molecule has 1 aliphatic rings. The van der Waals surface area contributed by atoms with Crippen LogP contribution in [-0.2, 0) is 17.9 Å². The van der Waals surface area contributed by atoms with Crippen LogP contribution in [0.5, 0.6) is 0 Å². The van der Waals surface area contributed by atoms with Gasteiger partial charge in [0.1, 0.15) is 0 Å². The molecule has 0 radical (unpaired) electrons. The number of carbonyl (C=O) groups excluding carboxylic acids is 2. The first-order chi connectivity index (χ1) is 12.5. The number of carbonyl (C=O) groups is 2. The molecular weight excluding hydrogens is 348 g/mol. The second-order valence-corrected chi connectivity index (χ2v) is 7.58.